The number of piperidine rings is 1. The number of aliphatic hydroxyl groups excluding tert-OH is 1. The SMILES string of the molecule is Nc1ncnc2c1c(-c1ccc(Oc3ccccc3)cc1)c(C#CC1CN(C3CCNCC3)C1)n2[C@H]1C[C@@H](O)C1. The molecule has 7 rings (SSSR count). The van der Waals surface area contributed by atoms with Gasteiger partial charge < -0.3 is 25.5 Å². The minimum absolute atomic E-state index is 0.123. The molecule has 4 aromatic rings. The summed E-state index contributed by atoms with van der Waals surface area (Å²) in [5.74, 6) is 9.49. The molecule has 8 nitrogen and oxygen atoms in total. The molecule has 0 spiro atoms. The Kier molecular flexibility index (Phi) is 6.64. The van der Waals surface area contributed by atoms with Crippen molar-refractivity contribution in [1.29, 1.82) is 0 Å². The van der Waals surface area contributed by atoms with Crippen molar-refractivity contribution in [2.24, 2.45) is 5.92 Å². The van der Waals surface area contributed by atoms with Crippen molar-refractivity contribution in [3.05, 3.63) is 66.6 Å². The number of nitrogen functional groups attached to an aromatic ring is 1. The molecule has 40 heavy (non-hydrogen) atoms. The first-order valence-electron chi connectivity index (χ1n) is 14.3. The number of rotatable bonds is 5. The highest BCUT2D eigenvalue weighted by Gasteiger charge is 2.35. The summed E-state index contributed by atoms with van der Waals surface area (Å²) in [7, 11) is 0. The van der Waals surface area contributed by atoms with E-state index < -0.39 is 0 Å². The maximum atomic E-state index is 10.2. The van der Waals surface area contributed by atoms with Crippen LogP contribution >= 0.6 is 0 Å². The summed E-state index contributed by atoms with van der Waals surface area (Å²) in [4.78, 5) is 11.6. The van der Waals surface area contributed by atoms with Crippen LogP contribution in [-0.4, -0.2) is 62.9 Å². The molecule has 4 heterocycles. The predicted molar refractivity (Wildman–Crippen MR) is 156 cm³/mol. The molecular formula is C32H34N6O2. The number of nitrogens with two attached hydrogens (primary N) is 1. The third kappa shape index (κ3) is 4.71. The van der Waals surface area contributed by atoms with Crippen LogP contribution < -0.4 is 15.8 Å². The second-order valence-electron chi connectivity index (χ2n) is 11.2. The topological polar surface area (TPSA) is 101 Å². The average Bonchev–Trinajstić information content (AvgIpc) is 3.27. The quantitative estimate of drug-likeness (QED) is 0.330. The number of anilines is 1. The summed E-state index contributed by atoms with van der Waals surface area (Å²) < 4.78 is 8.23. The van der Waals surface area contributed by atoms with Gasteiger partial charge in [-0.25, -0.2) is 9.97 Å². The van der Waals surface area contributed by atoms with Gasteiger partial charge >= 0.3 is 0 Å². The second kappa shape index (κ2) is 10.6. The van der Waals surface area contributed by atoms with Crippen LogP contribution in [0, 0.1) is 17.8 Å². The number of para-hydroxylation sites is 1. The van der Waals surface area contributed by atoms with E-state index in [0.29, 0.717) is 30.6 Å². The highest BCUT2D eigenvalue weighted by molar-refractivity contribution is 6.03. The maximum absolute atomic E-state index is 10.2. The molecule has 3 fully saturated rings. The second-order valence-corrected chi connectivity index (χ2v) is 11.2. The van der Waals surface area contributed by atoms with Crippen molar-refractivity contribution in [3.63, 3.8) is 0 Å². The fourth-order valence-corrected chi connectivity index (χ4v) is 6.24. The molecule has 0 bridgehead atoms. The molecule has 2 aromatic carbocycles. The molecule has 2 saturated heterocycles. The number of hydrogen-bond donors (Lipinski definition) is 3. The predicted octanol–water partition coefficient (Wildman–Crippen LogP) is 4.20. The van der Waals surface area contributed by atoms with Gasteiger partial charge in [0.2, 0.25) is 0 Å². The van der Waals surface area contributed by atoms with Gasteiger partial charge in [0.25, 0.3) is 0 Å². The van der Waals surface area contributed by atoms with E-state index in [1.54, 1.807) is 0 Å². The van der Waals surface area contributed by atoms with E-state index in [0.717, 1.165) is 65.5 Å². The minimum Gasteiger partial charge on any atom is -0.457 e. The summed E-state index contributed by atoms with van der Waals surface area (Å²) >= 11 is 0. The Balaban J connectivity index is 1.25. The Morgan fingerprint density at radius 3 is 2.38 bits per heavy atom. The minimum atomic E-state index is -0.300. The highest BCUT2D eigenvalue weighted by Crippen LogP contribution is 2.43. The van der Waals surface area contributed by atoms with Gasteiger partial charge in [0.15, 0.2) is 0 Å². The van der Waals surface area contributed by atoms with Gasteiger partial charge in [0, 0.05) is 36.7 Å². The molecule has 8 heteroatoms. The standard InChI is InChI=1S/C32H34N6O2/c33-31-30-29(22-7-9-27(10-8-22)40-26-4-2-1-3-5-26)28(38(24-16-25(39)17-24)32(30)36-20-35-31)11-6-21-18-37(19-21)23-12-14-34-15-13-23/h1-5,7-10,20-21,23-25,34,39H,12-19H2,(H2,33,35,36)/t24-,25+. The number of aromatic nitrogens is 3. The molecule has 0 radical (unpaired) electrons. The Hall–Kier alpha value is -3.90. The molecule has 2 aromatic heterocycles. The zero-order chi connectivity index (χ0) is 27.1. The zero-order valence-corrected chi connectivity index (χ0v) is 22.5. The summed E-state index contributed by atoms with van der Waals surface area (Å²) in [6.07, 6.45) is 5.00. The zero-order valence-electron chi connectivity index (χ0n) is 22.5. The van der Waals surface area contributed by atoms with Crippen LogP contribution in [-0.2, 0) is 0 Å². The number of benzene rings is 2. The number of hydrogen-bond acceptors (Lipinski definition) is 7. The van der Waals surface area contributed by atoms with E-state index in [2.05, 4.69) is 36.6 Å². The molecule has 3 aliphatic rings. The molecule has 204 valence electrons. The van der Waals surface area contributed by atoms with E-state index in [1.165, 1.54) is 19.2 Å². The van der Waals surface area contributed by atoms with Gasteiger partial charge in [-0.1, -0.05) is 36.3 Å². The van der Waals surface area contributed by atoms with Crippen LogP contribution in [0.2, 0.25) is 0 Å². The lowest BCUT2D eigenvalue weighted by molar-refractivity contribution is 0.0499. The Morgan fingerprint density at radius 2 is 1.65 bits per heavy atom. The smallest absolute Gasteiger partial charge is 0.147 e. The van der Waals surface area contributed by atoms with E-state index in [1.807, 2.05) is 54.6 Å². The van der Waals surface area contributed by atoms with Crippen molar-refractivity contribution in [3.8, 4) is 34.5 Å². The summed E-state index contributed by atoms with van der Waals surface area (Å²) in [6.45, 7) is 4.24. The number of aliphatic hydroxyl groups is 1. The molecule has 0 unspecified atom stereocenters. The van der Waals surface area contributed by atoms with Gasteiger partial charge in [-0.3, -0.25) is 4.90 Å². The van der Waals surface area contributed by atoms with Crippen LogP contribution in [0.15, 0.2) is 60.9 Å². The van der Waals surface area contributed by atoms with Crippen molar-refractivity contribution in [2.75, 3.05) is 31.9 Å². The lowest BCUT2D eigenvalue weighted by Gasteiger charge is -2.44. The highest BCUT2D eigenvalue weighted by atomic mass is 16.5. The molecule has 0 amide bonds. The van der Waals surface area contributed by atoms with Gasteiger partial charge in [-0.2, -0.15) is 0 Å². The number of fused-ring (bicyclic) bond motifs is 1. The lowest BCUT2D eigenvalue weighted by Crippen LogP contribution is -2.54. The third-order valence-corrected chi connectivity index (χ3v) is 8.52. The molecule has 4 N–H and O–H groups in total. The van der Waals surface area contributed by atoms with E-state index >= 15 is 0 Å². The van der Waals surface area contributed by atoms with Crippen LogP contribution in [0.1, 0.15) is 37.4 Å². The van der Waals surface area contributed by atoms with E-state index in [9.17, 15) is 5.11 Å². The van der Waals surface area contributed by atoms with E-state index in [4.69, 9.17) is 10.5 Å². The van der Waals surface area contributed by atoms with Crippen LogP contribution in [0.4, 0.5) is 5.82 Å². The Labute approximate surface area is 234 Å². The van der Waals surface area contributed by atoms with Crippen LogP contribution in [0.5, 0.6) is 11.5 Å². The molecular weight excluding hydrogens is 500 g/mol. The first-order valence-corrected chi connectivity index (χ1v) is 14.3. The largest absolute Gasteiger partial charge is 0.457 e. The number of nitrogens with zero attached hydrogens (tertiary/aromatic N) is 4. The normalized spacial score (nSPS) is 21.8. The fraction of sp³-hybridized carbons (Fsp3) is 0.375. The molecule has 0 atom stereocenters. The Morgan fingerprint density at radius 1 is 0.925 bits per heavy atom. The fourth-order valence-electron chi connectivity index (χ4n) is 6.24. The first kappa shape index (κ1) is 25.1. The average molecular weight is 535 g/mol. The van der Waals surface area contributed by atoms with Gasteiger partial charge in [0.05, 0.1) is 11.5 Å². The molecule has 1 aliphatic carbocycles. The van der Waals surface area contributed by atoms with Crippen LogP contribution in [0.3, 0.4) is 0 Å². The monoisotopic (exact) mass is 534 g/mol. The Bertz CT molecular complexity index is 1550. The summed E-state index contributed by atoms with van der Waals surface area (Å²) in [5.41, 5.74) is 10.1. The first-order chi connectivity index (χ1) is 19.6. The number of nitrogens with one attached hydrogen (secondary N) is 1. The maximum Gasteiger partial charge on any atom is 0.147 e. The lowest BCUT2D eigenvalue weighted by atomic mass is 9.89. The molecule has 2 aliphatic heterocycles. The van der Waals surface area contributed by atoms with Gasteiger partial charge in [0.1, 0.15) is 35.0 Å². The summed E-state index contributed by atoms with van der Waals surface area (Å²) in [6, 6.07) is 18.6. The van der Waals surface area contributed by atoms with Gasteiger partial charge in [-0.05, 0) is 74.5 Å². The molecule has 1 saturated carbocycles. The van der Waals surface area contributed by atoms with E-state index in [-0.39, 0.29) is 12.1 Å². The van der Waals surface area contributed by atoms with Gasteiger partial charge in [-0.15, -0.1) is 0 Å². The van der Waals surface area contributed by atoms with Crippen molar-refractivity contribution >= 4 is 16.9 Å². The number of likely N-dealkylation sites (tertiary alicyclic amines) is 1. The van der Waals surface area contributed by atoms with Crippen molar-refractivity contribution in [2.45, 2.75) is 43.9 Å². The van der Waals surface area contributed by atoms with Crippen molar-refractivity contribution in [1.82, 2.24) is 24.8 Å². The third-order valence-electron chi connectivity index (χ3n) is 8.52. The number of ether oxygens (including phenoxy) is 1. The van der Waals surface area contributed by atoms with Crippen LogP contribution in [0.25, 0.3) is 22.2 Å². The van der Waals surface area contributed by atoms with Crippen molar-refractivity contribution < 1.29 is 9.84 Å². The summed E-state index contributed by atoms with van der Waals surface area (Å²) in [5, 5.41) is 14.4.